The zero-order valence-electron chi connectivity index (χ0n) is 9.59. The molecule has 0 aliphatic rings. The van der Waals surface area contributed by atoms with Crippen LogP contribution in [0.2, 0.25) is 0 Å². The van der Waals surface area contributed by atoms with E-state index in [-0.39, 0.29) is 18.4 Å². The van der Waals surface area contributed by atoms with Crippen molar-refractivity contribution in [3.63, 3.8) is 0 Å². The van der Waals surface area contributed by atoms with Gasteiger partial charge in [0, 0.05) is 11.8 Å². The Hall–Kier alpha value is -0.220. The van der Waals surface area contributed by atoms with Crippen LogP contribution in [-0.2, 0) is 11.3 Å². The second-order valence-electron chi connectivity index (χ2n) is 3.42. The highest BCUT2D eigenvalue weighted by Gasteiger charge is 2.01. The summed E-state index contributed by atoms with van der Waals surface area (Å²) in [6.07, 6.45) is 0. The van der Waals surface area contributed by atoms with Gasteiger partial charge in [0.25, 0.3) is 0 Å². The first-order chi connectivity index (χ1) is 7.33. The largest absolute Gasteiger partial charge is 0.375 e. The van der Waals surface area contributed by atoms with Crippen molar-refractivity contribution < 1.29 is 4.74 Å². The molecule has 16 heavy (non-hydrogen) atoms. The highest BCUT2D eigenvalue weighted by Crippen LogP contribution is 2.03. The van der Waals surface area contributed by atoms with Gasteiger partial charge in [-0.05, 0) is 11.3 Å². The van der Waals surface area contributed by atoms with Gasteiger partial charge in [0.05, 0.1) is 13.2 Å². The van der Waals surface area contributed by atoms with Crippen molar-refractivity contribution in [2.24, 2.45) is 5.73 Å². The molecule has 0 radical (unpaired) electrons. The van der Waals surface area contributed by atoms with Gasteiger partial charge >= 0.3 is 0 Å². The van der Waals surface area contributed by atoms with E-state index in [1.807, 2.05) is 30.0 Å². The molecule has 1 unspecified atom stereocenters. The fraction of sp³-hybridized carbons (Fsp3) is 0.500. The first-order valence-electron chi connectivity index (χ1n) is 5.28. The predicted molar refractivity (Wildman–Crippen MR) is 74.3 cm³/mol. The molecule has 2 nitrogen and oxygen atoms in total. The number of ether oxygens (including phenoxy) is 1. The lowest BCUT2D eigenvalue weighted by Gasteiger charge is -2.11. The molecule has 0 saturated carbocycles. The molecule has 92 valence electrons. The SMILES string of the molecule is CCSCC(N)COCc1ccccc1.Cl. The van der Waals surface area contributed by atoms with Gasteiger partial charge in [-0.25, -0.2) is 0 Å². The lowest BCUT2D eigenvalue weighted by molar-refractivity contribution is 0.112. The van der Waals surface area contributed by atoms with Crippen LogP contribution >= 0.6 is 24.2 Å². The summed E-state index contributed by atoms with van der Waals surface area (Å²) in [6, 6.07) is 10.3. The van der Waals surface area contributed by atoms with E-state index in [0.717, 1.165) is 11.5 Å². The molecule has 1 atom stereocenters. The average molecular weight is 262 g/mol. The highest BCUT2D eigenvalue weighted by molar-refractivity contribution is 7.99. The van der Waals surface area contributed by atoms with Gasteiger partial charge in [-0.2, -0.15) is 11.8 Å². The summed E-state index contributed by atoms with van der Waals surface area (Å²) in [5.41, 5.74) is 7.08. The molecular formula is C12H20ClNOS. The average Bonchev–Trinajstić information content (AvgIpc) is 2.28. The van der Waals surface area contributed by atoms with Crippen molar-refractivity contribution in [2.75, 3.05) is 18.1 Å². The minimum absolute atomic E-state index is 0. The van der Waals surface area contributed by atoms with E-state index < -0.39 is 0 Å². The molecule has 0 amide bonds. The number of nitrogens with two attached hydrogens (primary N) is 1. The van der Waals surface area contributed by atoms with Crippen LogP contribution in [0.4, 0.5) is 0 Å². The van der Waals surface area contributed by atoms with Crippen LogP contribution in [0.1, 0.15) is 12.5 Å². The summed E-state index contributed by atoms with van der Waals surface area (Å²) in [6.45, 7) is 3.44. The fourth-order valence-electron chi connectivity index (χ4n) is 1.22. The maximum Gasteiger partial charge on any atom is 0.0717 e. The molecule has 4 heteroatoms. The van der Waals surface area contributed by atoms with Crippen molar-refractivity contribution >= 4 is 24.2 Å². The summed E-state index contributed by atoms with van der Waals surface area (Å²) in [5.74, 6) is 2.09. The van der Waals surface area contributed by atoms with Crippen molar-refractivity contribution in [1.82, 2.24) is 0 Å². The zero-order valence-corrected chi connectivity index (χ0v) is 11.2. The maximum atomic E-state index is 5.88. The molecule has 1 aromatic carbocycles. The summed E-state index contributed by atoms with van der Waals surface area (Å²) in [4.78, 5) is 0. The number of thioether (sulfide) groups is 1. The minimum atomic E-state index is 0. The van der Waals surface area contributed by atoms with Gasteiger partial charge < -0.3 is 10.5 Å². The molecule has 1 aromatic rings. The van der Waals surface area contributed by atoms with E-state index in [4.69, 9.17) is 10.5 Å². The number of halogens is 1. The third-order valence-corrected chi connectivity index (χ3v) is 3.05. The number of benzene rings is 1. The van der Waals surface area contributed by atoms with Gasteiger partial charge in [-0.3, -0.25) is 0 Å². The van der Waals surface area contributed by atoms with E-state index >= 15 is 0 Å². The van der Waals surface area contributed by atoms with Crippen LogP contribution < -0.4 is 5.73 Å². The number of hydrogen-bond donors (Lipinski definition) is 1. The van der Waals surface area contributed by atoms with Crippen LogP contribution in [0.3, 0.4) is 0 Å². The second-order valence-corrected chi connectivity index (χ2v) is 4.74. The van der Waals surface area contributed by atoms with Gasteiger partial charge in [0.2, 0.25) is 0 Å². The molecule has 0 spiro atoms. The summed E-state index contributed by atoms with van der Waals surface area (Å²) < 4.78 is 5.54. The molecule has 2 N–H and O–H groups in total. The van der Waals surface area contributed by atoms with E-state index in [0.29, 0.717) is 13.2 Å². The Morgan fingerprint density at radius 2 is 2.00 bits per heavy atom. The first kappa shape index (κ1) is 15.8. The maximum absolute atomic E-state index is 5.88. The Morgan fingerprint density at radius 1 is 1.31 bits per heavy atom. The Bertz CT molecular complexity index is 258. The summed E-state index contributed by atoms with van der Waals surface area (Å²) >= 11 is 1.86. The van der Waals surface area contributed by atoms with Crippen molar-refractivity contribution in [3.8, 4) is 0 Å². The number of hydrogen-bond acceptors (Lipinski definition) is 3. The van der Waals surface area contributed by atoms with Gasteiger partial charge in [0.15, 0.2) is 0 Å². The molecule has 0 aliphatic carbocycles. The predicted octanol–water partition coefficient (Wildman–Crippen LogP) is 2.71. The van der Waals surface area contributed by atoms with Crippen molar-refractivity contribution in [3.05, 3.63) is 35.9 Å². The van der Waals surface area contributed by atoms with Gasteiger partial charge in [-0.1, -0.05) is 37.3 Å². The van der Waals surface area contributed by atoms with Crippen LogP contribution in [0, 0.1) is 0 Å². The van der Waals surface area contributed by atoms with E-state index in [2.05, 4.69) is 19.1 Å². The van der Waals surface area contributed by atoms with E-state index in [1.165, 1.54) is 5.56 Å². The Morgan fingerprint density at radius 3 is 2.62 bits per heavy atom. The Balaban J connectivity index is 0.00000225. The third kappa shape index (κ3) is 7.12. The Kier molecular flexibility index (Phi) is 9.83. The lowest BCUT2D eigenvalue weighted by Crippen LogP contribution is -2.28. The second kappa shape index (κ2) is 9.97. The van der Waals surface area contributed by atoms with Gasteiger partial charge in [-0.15, -0.1) is 12.4 Å². The zero-order chi connectivity index (χ0) is 10.9. The van der Waals surface area contributed by atoms with Crippen LogP contribution in [-0.4, -0.2) is 24.2 Å². The molecular weight excluding hydrogens is 242 g/mol. The normalized spacial score (nSPS) is 11.9. The Labute approximate surface area is 108 Å². The molecule has 0 fully saturated rings. The van der Waals surface area contributed by atoms with Crippen LogP contribution in [0.5, 0.6) is 0 Å². The quantitative estimate of drug-likeness (QED) is 0.820. The van der Waals surface area contributed by atoms with Crippen LogP contribution in [0.15, 0.2) is 30.3 Å². The standard InChI is InChI=1S/C12H19NOS.ClH/c1-2-15-10-12(13)9-14-8-11-6-4-3-5-7-11;/h3-7,12H,2,8-10,13H2,1H3;1H. The molecule has 0 aromatic heterocycles. The summed E-state index contributed by atoms with van der Waals surface area (Å²) in [5, 5.41) is 0. The topological polar surface area (TPSA) is 35.2 Å². The van der Waals surface area contributed by atoms with Crippen LogP contribution in [0.25, 0.3) is 0 Å². The van der Waals surface area contributed by atoms with Crippen molar-refractivity contribution in [1.29, 1.82) is 0 Å². The first-order valence-corrected chi connectivity index (χ1v) is 6.43. The summed E-state index contributed by atoms with van der Waals surface area (Å²) in [7, 11) is 0. The molecule has 0 saturated heterocycles. The molecule has 0 aliphatic heterocycles. The number of rotatable bonds is 7. The highest BCUT2D eigenvalue weighted by atomic mass is 35.5. The molecule has 1 rings (SSSR count). The smallest absolute Gasteiger partial charge is 0.0717 e. The lowest BCUT2D eigenvalue weighted by atomic mass is 10.2. The molecule has 0 bridgehead atoms. The van der Waals surface area contributed by atoms with E-state index in [9.17, 15) is 0 Å². The molecule has 0 heterocycles. The fourth-order valence-corrected chi connectivity index (χ4v) is 1.85. The van der Waals surface area contributed by atoms with Gasteiger partial charge in [0.1, 0.15) is 0 Å². The minimum Gasteiger partial charge on any atom is -0.375 e. The third-order valence-electron chi connectivity index (χ3n) is 1.98. The monoisotopic (exact) mass is 261 g/mol. The van der Waals surface area contributed by atoms with E-state index in [1.54, 1.807) is 0 Å². The van der Waals surface area contributed by atoms with Crippen molar-refractivity contribution in [2.45, 2.75) is 19.6 Å².